The van der Waals surface area contributed by atoms with E-state index in [1.54, 1.807) is 6.07 Å². The fourth-order valence-electron chi connectivity index (χ4n) is 0.878. The molecule has 0 radical (unpaired) electrons. The second-order valence-electron chi connectivity index (χ2n) is 2.67. The maximum Gasteiger partial charge on any atom is 0.524 e. The molecule has 1 rings (SSSR count). The maximum atomic E-state index is 11.4. The summed E-state index contributed by atoms with van der Waals surface area (Å²) in [5.41, 5.74) is 0. The Hall–Kier alpha value is -1.60. The zero-order chi connectivity index (χ0) is 12.0. The summed E-state index contributed by atoms with van der Waals surface area (Å²) in [7, 11) is -4.15. The Kier molecular flexibility index (Phi) is 4.27. The lowest BCUT2D eigenvalue weighted by molar-refractivity contribution is 0.0826. The summed E-state index contributed by atoms with van der Waals surface area (Å²) in [6.45, 7) is -0.719. The van der Waals surface area contributed by atoms with Gasteiger partial charge in [0.15, 0.2) is 0 Å². The lowest BCUT2D eigenvalue weighted by Gasteiger charge is -2.05. The first-order valence-corrected chi connectivity index (χ1v) is 5.74. The minimum atomic E-state index is -4.15. The van der Waals surface area contributed by atoms with Gasteiger partial charge in [-0.1, -0.05) is 18.2 Å². The third-order valence-corrected chi connectivity index (χ3v) is 2.73. The summed E-state index contributed by atoms with van der Waals surface area (Å²) in [6, 6.07) is 7.19. The number of aliphatic hydroxyl groups excluding tert-OH is 1. The van der Waals surface area contributed by atoms with Crippen LogP contribution in [0.25, 0.3) is 0 Å². The third-order valence-electron chi connectivity index (χ3n) is 1.52. The molecule has 7 heteroatoms. The van der Waals surface area contributed by atoms with Gasteiger partial charge in [-0.05, 0) is 12.1 Å². The van der Waals surface area contributed by atoms with Crippen molar-refractivity contribution in [1.82, 2.24) is 0 Å². The van der Waals surface area contributed by atoms with Gasteiger partial charge < -0.3 is 14.0 Å². The van der Waals surface area contributed by atoms with Gasteiger partial charge in [-0.25, -0.2) is 4.79 Å². The average Bonchev–Trinajstić information content (AvgIpc) is 2.27. The zero-order valence-corrected chi connectivity index (χ0v) is 9.01. The van der Waals surface area contributed by atoms with Gasteiger partial charge in [-0.3, -0.25) is 0 Å². The van der Waals surface area contributed by atoms with Crippen LogP contribution in [0.4, 0.5) is 4.79 Å². The van der Waals surface area contributed by atoms with Gasteiger partial charge in [-0.15, -0.1) is 0 Å². The van der Waals surface area contributed by atoms with E-state index in [2.05, 4.69) is 8.92 Å². The molecule has 0 fully saturated rings. The summed E-state index contributed by atoms with van der Waals surface area (Å²) in [6.07, 6.45) is -1.36. The number of hydrogen-bond acceptors (Lipinski definition) is 6. The van der Waals surface area contributed by atoms with Crippen LogP contribution in [-0.4, -0.2) is 32.9 Å². The highest BCUT2D eigenvalue weighted by Gasteiger charge is 2.20. The van der Waals surface area contributed by atoms with Crippen molar-refractivity contribution in [2.24, 2.45) is 0 Å². The molecule has 0 aromatic heterocycles. The van der Waals surface area contributed by atoms with E-state index in [0.29, 0.717) is 0 Å². The Morgan fingerprint density at radius 3 is 2.44 bits per heavy atom. The largest absolute Gasteiger partial charge is 0.524 e. The summed E-state index contributed by atoms with van der Waals surface area (Å²) in [4.78, 5) is 10.7. The molecule has 6 nitrogen and oxygen atoms in total. The molecular weight excluding hydrogens is 236 g/mol. The predicted molar refractivity (Wildman–Crippen MR) is 53.1 cm³/mol. The van der Waals surface area contributed by atoms with Crippen molar-refractivity contribution in [3.8, 4) is 0 Å². The lowest BCUT2D eigenvalue weighted by Crippen LogP contribution is -2.16. The van der Waals surface area contributed by atoms with E-state index in [1.165, 1.54) is 24.3 Å². The normalized spacial score (nSPS) is 10.8. The van der Waals surface area contributed by atoms with Crippen LogP contribution < -0.4 is 0 Å². The van der Waals surface area contributed by atoms with Crippen molar-refractivity contribution in [2.75, 3.05) is 13.2 Å². The van der Waals surface area contributed by atoms with Gasteiger partial charge in [0.2, 0.25) is 0 Å². The number of carbonyl (C=O) groups is 1. The minimum Gasteiger partial charge on any atom is -0.431 e. The van der Waals surface area contributed by atoms with Gasteiger partial charge >= 0.3 is 16.3 Å². The monoisotopic (exact) mass is 246 g/mol. The lowest BCUT2D eigenvalue weighted by atomic mass is 10.4. The van der Waals surface area contributed by atoms with E-state index < -0.39 is 22.9 Å². The molecule has 0 atom stereocenters. The molecule has 0 amide bonds. The zero-order valence-electron chi connectivity index (χ0n) is 8.20. The number of benzene rings is 1. The highest BCUT2D eigenvalue weighted by atomic mass is 32.2. The summed E-state index contributed by atoms with van der Waals surface area (Å²) >= 11 is 0. The fraction of sp³-hybridized carbons (Fsp3) is 0.222. The van der Waals surface area contributed by atoms with Crippen molar-refractivity contribution in [2.45, 2.75) is 4.90 Å². The molecular formula is C9H10O6S. The quantitative estimate of drug-likeness (QED) is 0.615. The van der Waals surface area contributed by atoms with E-state index in [4.69, 9.17) is 5.11 Å². The van der Waals surface area contributed by atoms with Crippen LogP contribution in [0.15, 0.2) is 35.2 Å². The standard InChI is InChI=1S/C9H10O6S/c10-6-7-14-9(11)15-16(12,13)8-4-2-1-3-5-8/h1-5,10H,6-7H2. The Balaban J connectivity index is 2.70. The summed E-state index contributed by atoms with van der Waals surface area (Å²) in [5, 5.41) is 8.35. The topological polar surface area (TPSA) is 89.9 Å². The van der Waals surface area contributed by atoms with E-state index in [9.17, 15) is 13.2 Å². The highest BCUT2D eigenvalue weighted by molar-refractivity contribution is 7.87. The molecule has 0 saturated heterocycles. The van der Waals surface area contributed by atoms with Crippen LogP contribution in [0, 0.1) is 0 Å². The molecule has 0 saturated carbocycles. The molecule has 0 spiro atoms. The Bertz CT molecular complexity index is 438. The summed E-state index contributed by atoms with van der Waals surface area (Å²) < 4.78 is 31.2. The van der Waals surface area contributed by atoms with Crippen molar-refractivity contribution >= 4 is 16.3 Å². The van der Waals surface area contributed by atoms with Crippen LogP contribution in [0.2, 0.25) is 0 Å². The number of rotatable bonds is 4. The Labute approximate surface area is 92.5 Å². The first kappa shape index (κ1) is 12.5. The van der Waals surface area contributed by atoms with Crippen molar-refractivity contribution in [1.29, 1.82) is 0 Å². The number of hydrogen-bond donors (Lipinski definition) is 1. The van der Waals surface area contributed by atoms with Crippen molar-refractivity contribution in [3.63, 3.8) is 0 Å². The number of carbonyl (C=O) groups excluding carboxylic acids is 1. The van der Waals surface area contributed by atoms with E-state index in [-0.39, 0.29) is 11.5 Å². The van der Waals surface area contributed by atoms with Gasteiger partial charge in [-0.2, -0.15) is 8.42 Å². The van der Waals surface area contributed by atoms with Crippen LogP contribution >= 0.6 is 0 Å². The Morgan fingerprint density at radius 1 is 1.25 bits per heavy atom. The van der Waals surface area contributed by atoms with Crippen molar-refractivity contribution in [3.05, 3.63) is 30.3 Å². The molecule has 1 aromatic carbocycles. The van der Waals surface area contributed by atoms with Gasteiger partial charge in [0, 0.05) is 0 Å². The second kappa shape index (κ2) is 5.47. The molecule has 16 heavy (non-hydrogen) atoms. The highest BCUT2D eigenvalue weighted by Crippen LogP contribution is 2.11. The molecule has 0 heterocycles. The minimum absolute atomic E-state index is 0.143. The van der Waals surface area contributed by atoms with Crippen molar-refractivity contribution < 1.29 is 27.2 Å². The predicted octanol–water partition coefficient (Wildman–Crippen LogP) is 0.521. The molecule has 88 valence electrons. The van der Waals surface area contributed by atoms with E-state index in [0.717, 1.165) is 0 Å². The first-order chi connectivity index (χ1) is 7.56. The van der Waals surface area contributed by atoms with Crippen LogP contribution in [0.1, 0.15) is 0 Å². The maximum absolute atomic E-state index is 11.4. The fourth-order valence-corrected chi connectivity index (χ4v) is 1.69. The molecule has 0 unspecified atom stereocenters. The smallest absolute Gasteiger partial charge is 0.431 e. The van der Waals surface area contributed by atoms with Crippen LogP contribution in [-0.2, 0) is 19.0 Å². The van der Waals surface area contributed by atoms with Gasteiger partial charge in [0.05, 0.1) is 6.61 Å². The second-order valence-corrected chi connectivity index (χ2v) is 4.22. The first-order valence-electron chi connectivity index (χ1n) is 4.33. The van der Waals surface area contributed by atoms with Crippen LogP contribution in [0.5, 0.6) is 0 Å². The van der Waals surface area contributed by atoms with Gasteiger partial charge in [0.25, 0.3) is 0 Å². The average molecular weight is 246 g/mol. The Morgan fingerprint density at radius 2 is 1.88 bits per heavy atom. The van der Waals surface area contributed by atoms with Gasteiger partial charge in [0.1, 0.15) is 11.5 Å². The molecule has 0 aliphatic rings. The number of ether oxygens (including phenoxy) is 1. The number of aliphatic hydroxyl groups is 1. The molecule has 0 aliphatic heterocycles. The molecule has 0 aliphatic carbocycles. The molecule has 0 bridgehead atoms. The van der Waals surface area contributed by atoms with E-state index in [1.807, 2.05) is 0 Å². The molecule has 1 aromatic rings. The SMILES string of the molecule is O=C(OCCO)OS(=O)(=O)c1ccccc1. The summed E-state index contributed by atoms with van der Waals surface area (Å²) in [5.74, 6) is 0. The van der Waals surface area contributed by atoms with Crippen LogP contribution in [0.3, 0.4) is 0 Å². The third kappa shape index (κ3) is 3.52. The molecule has 1 N–H and O–H groups in total. The van der Waals surface area contributed by atoms with E-state index >= 15 is 0 Å².